The average Bonchev–Trinajstić information content (AvgIpc) is 2.71. The van der Waals surface area contributed by atoms with Crippen LogP contribution in [0.5, 0.6) is 0 Å². The number of rotatable bonds is 2. The first-order chi connectivity index (χ1) is 6.31. The van der Waals surface area contributed by atoms with Gasteiger partial charge in [-0.1, -0.05) is 0 Å². The molecule has 1 aliphatic rings. The molecule has 1 aromatic rings. The number of halogens is 1. The van der Waals surface area contributed by atoms with Crippen molar-refractivity contribution in [2.24, 2.45) is 0 Å². The third-order valence-corrected chi connectivity index (χ3v) is 2.41. The van der Waals surface area contributed by atoms with Crippen LogP contribution in [0.15, 0.2) is 10.7 Å². The third-order valence-electron chi connectivity index (χ3n) is 2.41. The van der Waals surface area contributed by atoms with Crippen LogP contribution in [0.1, 0.15) is 18.5 Å². The molecule has 0 bridgehead atoms. The van der Waals surface area contributed by atoms with Gasteiger partial charge < -0.3 is 9.32 Å². The number of alkyl halides is 1. The van der Waals surface area contributed by atoms with Crippen molar-refractivity contribution in [3.05, 3.63) is 12.0 Å². The summed E-state index contributed by atoms with van der Waals surface area (Å²) in [5, 5.41) is 0. The van der Waals surface area contributed by atoms with Crippen molar-refractivity contribution >= 4 is 6.01 Å². The highest BCUT2D eigenvalue weighted by Crippen LogP contribution is 2.24. The summed E-state index contributed by atoms with van der Waals surface area (Å²) < 4.78 is 17.8. The standard InChI is InChI=1S/C9H13FN2O/c1-7-6-13-9(11-7)12-4-2-3-8(12)5-10/h6,8H,2-5H2,1H3. The minimum absolute atomic E-state index is 0.0296. The lowest BCUT2D eigenvalue weighted by atomic mass is 10.2. The molecule has 0 saturated carbocycles. The number of anilines is 1. The third kappa shape index (κ3) is 1.53. The molecule has 0 N–H and O–H groups in total. The summed E-state index contributed by atoms with van der Waals surface area (Å²) >= 11 is 0. The van der Waals surface area contributed by atoms with E-state index < -0.39 is 0 Å². The number of hydrogen-bond donors (Lipinski definition) is 0. The Labute approximate surface area is 76.6 Å². The minimum atomic E-state index is -0.318. The van der Waals surface area contributed by atoms with E-state index in [-0.39, 0.29) is 12.7 Å². The highest BCUT2D eigenvalue weighted by Gasteiger charge is 2.27. The van der Waals surface area contributed by atoms with E-state index >= 15 is 0 Å². The lowest BCUT2D eigenvalue weighted by Crippen LogP contribution is -2.30. The van der Waals surface area contributed by atoms with Crippen LogP contribution < -0.4 is 4.90 Å². The van der Waals surface area contributed by atoms with Crippen molar-refractivity contribution in [1.82, 2.24) is 4.98 Å². The Hall–Kier alpha value is -1.06. The predicted octanol–water partition coefficient (Wildman–Crippen LogP) is 1.92. The van der Waals surface area contributed by atoms with Crippen LogP contribution in [0.4, 0.5) is 10.4 Å². The number of aryl methyl sites for hydroxylation is 1. The Bertz CT molecular complexity index is 287. The SMILES string of the molecule is Cc1coc(N2CCCC2CF)n1. The molecule has 0 amide bonds. The van der Waals surface area contributed by atoms with Gasteiger partial charge in [-0.3, -0.25) is 0 Å². The van der Waals surface area contributed by atoms with Gasteiger partial charge in [0, 0.05) is 6.54 Å². The first-order valence-electron chi connectivity index (χ1n) is 4.56. The zero-order chi connectivity index (χ0) is 9.26. The fraction of sp³-hybridized carbons (Fsp3) is 0.667. The van der Waals surface area contributed by atoms with E-state index in [2.05, 4.69) is 4.98 Å². The quantitative estimate of drug-likeness (QED) is 0.703. The van der Waals surface area contributed by atoms with Gasteiger partial charge in [-0.2, -0.15) is 4.98 Å². The second-order valence-corrected chi connectivity index (χ2v) is 3.42. The molecule has 1 atom stereocenters. The smallest absolute Gasteiger partial charge is 0.297 e. The van der Waals surface area contributed by atoms with E-state index in [0.29, 0.717) is 6.01 Å². The van der Waals surface area contributed by atoms with Crippen LogP contribution in [-0.4, -0.2) is 24.2 Å². The van der Waals surface area contributed by atoms with E-state index in [1.807, 2.05) is 11.8 Å². The van der Waals surface area contributed by atoms with E-state index in [0.717, 1.165) is 25.1 Å². The van der Waals surface area contributed by atoms with Crippen molar-refractivity contribution in [3.63, 3.8) is 0 Å². The molecule has 1 saturated heterocycles. The molecule has 1 aliphatic heterocycles. The molecule has 0 aliphatic carbocycles. The van der Waals surface area contributed by atoms with Crippen molar-refractivity contribution < 1.29 is 8.81 Å². The Balaban J connectivity index is 2.15. The highest BCUT2D eigenvalue weighted by molar-refractivity contribution is 5.30. The normalized spacial score (nSPS) is 22.6. The average molecular weight is 184 g/mol. The van der Waals surface area contributed by atoms with Gasteiger partial charge in [0.1, 0.15) is 12.9 Å². The largest absolute Gasteiger partial charge is 0.432 e. The number of hydrogen-bond acceptors (Lipinski definition) is 3. The van der Waals surface area contributed by atoms with Crippen LogP contribution in [0.2, 0.25) is 0 Å². The topological polar surface area (TPSA) is 29.3 Å². The summed E-state index contributed by atoms with van der Waals surface area (Å²) in [4.78, 5) is 6.09. The van der Waals surface area contributed by atoms with Gasteiger partial charge in [0.2, 0.25) is 0 Å². The van der Waals surface area contributed by atoms with Crippen LogP contribution in [-0.2, 0) is 0 Å². The summed E-state index contributed by atoms with van der Waals surface area (Å²) in [6.07, 6.45) is 3.52. The van der Waals surface area contributed by atoms with Gasteiger partial charge in [0.25, 0.3) is 6.01 Å². The molecular weight excluding hydrogens is 171 g/mol. The van der Waals surface area contributed by atoms with Crippen LogP contribution in [0, 0.1) is 6.92 Å². The molecule has 4 heteroatoms. The summed E-state index contributed by atoms with van der Waals surface area (Å²) in [5.74, 6) is 0. The maximum atomic E-state index is 12.5. The zero-order valence-electron chi connectivity index (χ0n) is 7.66. The lowest BCUT2D eigenvalue weighted by Gasteiger charge is -2.19. The summed E-state index contributed by atoms with van der Waals surface area (Å²) in [6, 6.07) is 0.538. The monoisotopic (exact) mass is 184 g/mol. The maximum Gasteiger partial charge on any atom is 0.297 e. The van der Waals surface area contributed by atoms with Gasteiger partial charge in [0.05, 0.1) is 11.7 Å². The Morgan fingerprint density at radius 2 is 2.62 bits per heavy atom. The van der Waals surface area contributed by atoms with E-state index in [4.69, 9.17) is 4.42 Å². The molecule has 2 heterocycles. The van der Waals surface area contributed by atoms with Crippen molar-refractivity contribution in [2.75, 3.05) is 18.1 Å². The van der Waals surface area contributed by atoms with Crippen LogP contribution >= 0.6 is 0 Å². The first-order valence-corrected chi connectivity index (χ1v) is 4.56. The van der Waals surface area contributed by atoms with Crippen molar-refractivity contribution in [3.8, 4) is 0 Å². The van der Waals surface area contributed by atoms with Crippen LogP contribution in [0.25, 0.3) is 0 Å². The fourth-order valence-electron chi connectivity index (χ4n) is 1.72. The summed E-state index contributed by atoms with van der Waals surface area (Å²) in [7, 11) is 0. The molecule has 0 spiro atoms. The lowest BCUT2D eigenvalue weighted by molar-refractivity contribution is 0.412. The Kier molecular flexibility index (Phi) is 2.20. The fourth-order valence-corrected chi connectivity index (χ4v) is 1.72. The summed E-state index contributed by atoms with van der Waals surface area (Å²) in [5.41, 5.74) is 0.847. The van der Waals surface area contributed by atoms with Gasteiger partial charge >= 0.3 is 0 Å². The Morgan fingerprint density at radius 3 is 3.23 bits per heavy atom. The number of aromatic nitrogens is 1. The van der Waals surface area contributed by atoms with Crippen LogP contribution in [0.3, 0.4) is 0 Å². The molecule has 1 fully saturated rings. The highest BCUT2D eigenvalue weighted by atomic mass is 19.1. The second kappa shape index (κ2) is 3.36. The molecule has 0 radical (unpaired) electrons. The van der Waals surface area contributed by atoms with Gasteiger partial charge in [0.15, 0.2) is 0 Å². The van der Waals surface area contributed by atoms with Crippen molar-refractivity contribution in [1.29, 1.82) is 0 Å². The van der Waals surface area contributed by atoms with E-state index in [9.17, 15) is 4.39 Å². The zero-order valence-corrected chi connectivity index (χ0v) is 7.66. The molecule has 1 unspecified atom stereocenters. The van der Waals surface area contributed by atoms with Gasteiger partial charge in [-0.05, 0) is 19.8 Å². The predicted molar refractivity (Wildman–Crippen MR) is 47.6 cm³/mol. The summed E-state index contributed by atoms with van der Waals surface area (Å²) in [6.45, 7) is 2.41. The molecule has 3 nitrogen and oxygen atoms in total. The molecule has 1 aromatic heterocycles. The molecule has 72 valence electrons. The van der Waals surface area contributed by atoms with Gasteiger partial charge in [-0.15, -0.1) is 0 Å². The number of nitrogens with zero attached hydrogens (tertiary/aromatic N) is 2. The second-order valence-electron chi connectivity index (χ2n) is 3.42. The molecular formula is C9H13FN2O. The molecule has 0 aromatic carbocycles. The minimum Gasteiger partial charge on any atom is -0.432 e. The van der Waals surface area contributed by atoms with Crippen molar-refractivity contribution in [2.45, 2.75) is 25.8 Å². The number of oxazole rings is 1. The van der Waals surface area contributed by atoms with Gasteiger partial charge in [-0.25, -0.2) is 4.39 Å². The molecule has 2 rings (SSSR count). The Morgan fingerprint density at radius 1 is 1.77 bits per heavy atom. The van der Waals surface area contributed by atoms with E-state index in [1.54, 1.807) is 6.26 Å². The van der Waals surface area contributed by atoms with E-state index in [1.165, 1.54) is 0 Å². The first kappa shape index (κ1) is 8.53. The maximum absolute atomic E-state index is 12.5. The molecule has 13 heavy (non-hydrogen) atoms.